The van der Waals surface area contributed by atoms with Crippen LogP contribution in [0, 0.1) is 0 Å². The number of hydrogen-bond acceptors (Lipinski definition) is 3. The summed E-state index contributed by atoms with van der Waals surface area (Å²) >= 11 is 0. The van der Waals surface area contributed by atoms with Crippen molar-refractivity contribution < 1.29 is 21.6 Å². The van der Waals surface area contributed by atoms with Gasteiger partial charge in [-0.2, -0.15) is 17.5 Å². The minimum atomic E-state index is -4.76. The number of sulfonamides is 1. The molecule has 0 unspecified atom stereocenters. The van der Waals surface area contributed by atoms with E-state index in [0.717, 1.165) is 22.5 Å². The Bertz CT molecular complexity index is 783. The zero-order chi connectivity index (χ0) is 17.8. The molecule has 2 aromatic carbocycles. The molecule has 2 aromatic rings. The van der Waals surface area contributed by atoms with E-state index in [0.29, 0.717) is 5.56 Å². The second kappa shape index (κ2) is 8.66. The van der Waals surface area contributed by atoms with E-state index >= 15 is 0 Å². The topological polar surface area (TPSA) is 63.4 Å². The highest BCUT2D eigenvalue weighted by atomic mass is 35.5. The number of nitrogens with zero attached hydrogens (tertiary/aromatic N) is 1. The minimum Gasteiger partial charge on any atom is -0.329 e. The largest absolute Gasteiger partial charge is 0.417 e. The lowest BCUT2D eigenvalue weighted by atomic mass is 10.2. The van der Waals surface area contributed by atoms with Crippen LogP contribution in [0.4, 0.5) is 13.2 Å². The maximum Gasteiger partial charge on any atom is 0.417 e. The second-order valence-electron chi connectivity index (χ2n) is 5.11. The summed E-state index contributed by atoms with van der Waals surface area (Å²) in [5.41, 5.74) is 4.94. The van der Waals surface area contributed by atoms with E-state index in [1.807, 2.05) is 0 Å². The van der Waals surface area contributed by atoms with Gasteiger partial charge in [-0.3, -0.25) is 0 Å². The zero-order valence-corrected chi connectivity index (χ0v) is 14.7. The lowest BCUT2D eigenvalue weighted by Crippen LogP contribution is -2.36. The number of alkyl halides is 3. The van der Waals surface area contributed by atoms with Crippen molar-refractivity contribution in [3.8, 4) is 0 Å². The molecule has 0 heterocycles. The summed E-state index contributed by atoms with van der Waals surface area (Å²) in [5, 5.41) is 0. The van der Waals surface area contributed by atoms with Crippen LogP contribution in [0.15, 0.2) is 59.5 Å². The number of hydrogen-bond donors (Lipinski definition) is 1. The van der Waals surface area contributed by atoms with Gasteiger partial charge in [0.1, 0.15) is 0 Å². The smallest absolute Gasteiger partial charge is 0.329 e. The molecule has 138 valence electrons. The molecule has 0 aromatic heterocycles. The molecule has 0 bridgehead atoms. The minimum absolute atomic E-state index is 0. The van der Waals surface area contributed by atoms with Crippen molar-refractivity contribution in [1.29, 1.82) is 0 Å². The zero-order valence-electron chi connectivity index (χ0n) is 13.1. The van der Waals surface area contributed by atoms with Crippen LogP contribution in [-0.4, -0.2) is 25.8 Å². The highest BCUT2D eigenvalue weighted by molar-refractivity contribution is 7.89. The molecule has 0 radical (unpaired) electrons. The van der Waals surface area contributed by atoms with Gasteiger partial charge in [-0.05, 0) is 17.7 Å². The van der Waals surface area contributed by atoms with Crippen molar-refractivity contribution in [3.63, 3.8) is 0 Å². The molecule has 0 saturated carbocycles. The van der Waals surface area contributed by atoms with Gasteiger partial charge in [0.15, 0.2) is 0 Å². The van der Waals surface area contributed by atoms with Gasteiger partial charge in [-0.25, -0.2) is 8.42 Å². The molecule has 0 fully saturated rings. The van der Waals surface area contributed by atoms with Gasteiger partial charge in [0.25, 0.3) is 0 Å². The molecule has 0 atom stereocenters. The maximum absolute atomic E-state index is 13.1. The monoisotopic (exact) mass is 394 g/mol. The van der Waals surface area contributed by atoms with E-state index < -0.39 is 26.7 Å². The molecule has 2 rings (SSSR count). The lowest BCUT2D eigenvalue weighted by Gasteiger charge is -2.23. The first-order valence-electron chi connectivity index (χ1n) is 7.17. The van der Waals surface area contributed by atoms with E-state index in [4.69, 9.17) is 5.73 Å². The standard InChI is InChI=1S/C16H17F3N2O2S.ClH/c17-16(18,19)14-8-4-5-9-15(14)24(22,23)21(11-10-20)12-13-6-2-1-3-7-13;/h1-9H,10-12,20H2;1H. The molecule has 0 saturated heterocycles. The van der Waals surface area contributed by atoms with E-state index in [1.54, 1.807) is 30.3 Å². The van der Waals surface area contributed by atoms with Crippen LogP contribution in [0.2, 0.25) is 0 Å². The van der Waals surface area contributed by atoms with Gasteiger partial charge in [-0.15, -0.1) is 12.4 Å². The average molecular weight is 395 g/mol. The van der Waals surface area contributed by atoms with Gasteiger partial charge in [-0.1, -0.05) is 42.5 Å². The Morgan fingerprint density at radius 2 is 1.52 bits per heavy atom. The molecule has 0 spiro atoms. The fraction of sp³-hybridized carbons (Fsp3) is 0.250. The lowest BCUT2D eigenvalue weighted by molar-refractivity contribution is -0.139. The highest BCUT2D eigenvalue weighted by Crippen LogP contribution is 2.35. The Hall–Kier alpha value is -1.61. The molecule has 0 amide bonds. The normalized spacial score (nSPS) is 12.0. The van der Waals surface area contributed by atoms with Gasteiger partial charge in [0, 0.05) is 19.6 Å². The summed E-state index contributed by atoms with van der Waals surface area (Å²) in [6.45, 7) is -0.129. The van der Waals surface area contributed by atoms with Crippen LogP contribution in [-0.2, 0) is 22.7 Å². The number of benzene rings is 2. The third-order valence-electron chi connectivity index (χ3n) is 3.39. The Kier molecular flexibility index (Phi) is 7.43. The van der Waals surface area contributed by atoms with E-state index in [-0.39, 0.29) is 32.0 Å². The van der Waals surface area contributed by atoms with E-state index in [9.17, 15) is 21.6 Å². The molecular weight excluding hydrogens is 377 g/mol. The maximum atomic E-state index is 13.1. The predicted octanol–water partition coefficient (Wildman–Crippen LogP) is 3.28. The Morgan fingerprint density at radius 1 is 0.960 bits per heavy atom. The van der Waals surface area contributed by atoms with E-state index in [2.05, 4.69) is 0 Å². The van der Waals surface area contributed by atoms with Crippen LogP contribution in [0.3, 0.4) is 0 Å². The average Bonchev–Trinajstić information content (AvgIpc) is 2.54. The predicted molar refractivity (Wildman–Crippen MR) is 91.8 cm³/mol. The fourth-order valence-electron chi connectivity index (χ4n) is 2.28. The quantitative estimate of drug-likeness (QED) is 0.817. The summed E-state index contributed by atoms with van der Waals surface area (Å²) in [7, 11) is -4.34. The number of nitrogens with two attached hydrogens (primary N) is 1. The first-order valence-corrected chi connectivity index (χ1v) is 8.61. The van der Waals surface area contributed by atoms with Gasteiger partial charge in [0.05, 0.1) is 10.5 Å². The van der Waals surface area contributed by atoms with Crippen molar-refractivity contribution in [2.24, 2.45) is 5.73 Å². The Morgan fingerprint density at radius 3 is 2.08 bits per heavy atom. The first kappa shape index (κ1) is 21.4. The summed E-state index contributed by atoms with van der Waals surface area (Å²) in [6, 6.07) is 12.8. The van der Waals surface area contributed by atoms with Crippen molar-refractivity contribution in [3.05, 3.63) is 65.7 Å². The van der Waals surface area contributed by atoms with Gasteiger partial charge >= 0.3 is 6.18 Å². The highest BCUT2D eigenvalue weighted by Gasteiger charge is 2.38. The van der Waals surface area contributed by atoms with Crippen LogP contribution in [0.1, 0.15) is 11.1 Å². The van der Waals surface area contributed by atoms with Crippen molar-refractivity contribution in [2.75, 3.05) is 13.1 Å². The number of rotatable bonds is 6. The third kappa shape index (κ3) is 5.18. The molecule has 0 aliphatic heterocycles. The summed E-state index contributed by atoms with van der Waals surface area (Å²) in [5.74, 6) is 0. The van der Waals surface area contributed by atoms with E-state index in [1.165, 1.54) is 6.07 Å². The third-order valence-corrected chi connectivity index (χ3v) is 5.29. The summed E-state index contributed by atoms with van der Waals surface area (Å²) in [6.07, 6.45) is -4.76. The molecule has 2 N–H and O–H groups in total. The van der Waals surface area contributed by atoms with Crippen LogP contribution >= 0.6 is 12.4 Å². The molecule has 25 heavy (non-hydrogen) atoms. The molecule has 4 nitrogen and oxygen atoms in total. The number of halogens is 4. The Balaban J connectivity index is 0.00000312. The fourth-order valence-corrected chi connectivity index (χ4v) is 3.94. The summed E-state index contributed by atoms with van der Waals surface area (Å²) < 4.78 is 65.9. The van der Waals surface area contributed by atoms with Crippen molar-refractivity contribution in [2.45, 2.75) is 17.6 Å². The molecule has 9 heteroatoms. The van der Waals surface area contributed by atoms with Crippen molar-refractivity contribution in [1.82, 2.24) is 4.31 Å². The molecule has 0 aliphatic rings. The SMILES string of the molecule is Cl.NCCN(Cc1ccccc1)S(=O)(=O)c1ccccc1C(F)(F)F. The van der Waals surface area contributed by atoms with Crippen molar-refractivity contribution >= 4 is 22.4 Å². The van der Waals surface area contributed by atoms with Crippen LogP contribution < -0.4 is 5.73 Å². The molecule has 0 aliphatic carbocycles. The Labute approximate surface area is 150 Å². The summed E-state index contributed by atoms with van der Waals surface area (Å²) in [4.78, 5) is -0.762. The van der Waals surface area contributed by atoms with Crippen LogP contribution in [0.5, 0.6) is 0 Å². The molecular formula is C16H18ClF3N2O2S. The van der Waals surface area contributed by atoms with Gasteiger partial charge < -0.3 is 5.73 Å². The first-order chi connectivity index (χ1) is 11.3. The second-order valence-corrected chi connectivity index (χ2v) is 7.01. The van der Waals surface area contributed by atoms with Crippen LogP contribution in [0.25, 0.3) is 0 Å². The van der Waals surface area contributed by atoms with Gasteiger partial charge in [0.2, 0.25) is 10.0 Å².